The summed E-state index contributed by atoms with van der Waals surface area (Å²) in [6.45, 7) is 0.382. The van der Waals surface area contributed by atoms with Crippen molar-refractivity contribution in [2.75, 3.05) is 0 Å². The second-order valence-corrected chi connectivity index (χ2v) is 8.14. The summed E-state index contributed by atoms with van der Waals surface area (Å²) < 4.78 is 6.17. The third-order valence-electron chi connectivity index (χ3n) is 5.73. The molecule has 0 aliphatic heterocycles. The third kappa shape index (κ3) is 5.35. The van der Waals surface area contributed by atoms with Crippen LogP contribution in [-0.2, 0) is 6.61 Å². The summed E-state index contributed by atoms with van der Waals surface area (Å²) in [5.74, 6) is 0.163. The number of nitrogens with zero attached hydrogens (tertiary/aromatic N) is 3. The van der Waals surface area contributed by atoms with Gasteiger partial charge in [-0.1, -0.05) is 54.6 Å². The number of rotatable bonds is 8. The molecular formula is C28H21N5O4. The molecule has 1 amide bonds. The number of carbonyl (C=O) groups is 1. The number of ether oxygens (including phenoxy) is 1. The Labute approximate surface area is 211 Å². The molecule has 1 heterocycles. The van der Waals surface area contributed by atoms with Gasteiger partial charge in [-0.25, -0.2) is 5.43 Å². The number of hydrogen-bond donors (Lipinski definition) is 2. The first-order valence-electron chi connectivity index (χ1n) is 11.4. The SMILES string of the molecule is O=C(N/N=C\c1ccc([N+](=O)[O-])cc1)c1cc(-c2ccccc2OCc2cccc3ccccc23)n[nH]1. The van der Waals surface area contributed by atoms with E-state index in [2.05, 4.69) is 38.9 Å². The number of aromatic amines is 1. The zero-order chi connectivity index (χ0) is 25.6. The van der Waals surface area contributed by atoms with E-state index in [0.717, 1.165) is 21.9 Å². The standard InChI is InChI=1S/C28H21N5O4/c34-28(32-29-17-19-12-14-22(15-13-19)33(35)36)26-16-25(30-31-26)24-10-3-4-11-27(24)37-18-21-8-5-7-20-6-1-2-9-23(20)21/h1-17H,18H2,(H,30,31)(H,32,34)/b29-17-. The van der Waals surface area contributed by atoms with E-state index in [1.807, 2.05) is 48.5 Å². The van der Waals surface area contributed by atoms with Crippen molar-refractivity contribution < 1.29 is 14.5 Å². The Morgan fingerprint density at radius 3 is 2.59 bits per heavy atom. The maximum Gasteiger partial charge on any atom is 0.289 e. The molecule has 1 aromatic heterocycles. The number of amides is 1. The summed E-state index contributed by atoms with van der Waals surface area (Å²) in [7, 11) is 0. The fraction of sp³-hybridized carbons (Fsp3) is 0.0357. The molecule has 9 nitrogen and oxygen atoms in total. The Morgan fingerprint density at radius 2 is 1.76 bits per heavy atom. The zero-order valence-corrected chi connectivity index (χ0v) is 19.5. The number of hydrazone groups is 1. The van der Waals surface area contributed by atoms with E-state index >= 15 is 0 Å². The van der Waals surface area contributed by atoms with Crippen molar-refractivity contribution in [1.29, 1.82) is 0 Å². The molecule has 0 unspecified atom stereocenters. The first kappa shape index (κ1) is 23.4. The average molecular weight is 492 g/mol. The molecule has 0 spiro atoms. The van der Waals surface area contributed by atoms with Gasteiger partial charge in [0.2, 0.25) is 0 Å². The van der Waals surface area contributed by atoms with Gasteiger partial charge in [0, 0.05) is 17.7 Å². The van der Waals surface area contributed by atoms with Gasteiger partial charge in [0.25, 0.3) is 11.6 Å². The van der Waals surface area contributed by atoms with Gasteiger partial charge in [-0.2, -0.15) is 10.2 Å². The van der Waals surface area contributed by atoms with Gasteiger partial charge in [-0.05, 0) is 52.2 Å². The first-order chi connectivity index (χ1) is 18.1. The summed E-state index contributed by atoms with van der Waals surface area (Å²) in [6, 6.07) is 29.2. The van der Waals surface area contributed by atoms with Crippen LogP contribution in [0.3, 0.4) is 0 Å². The lowest BCUT2D eigenvalue weighted by Gasteiger charge is -2.12. The molecule has 37 heavy (non-hydrogen) atoms. The molecular weight excluding hydrogens is 470 g/mol. The van der Waals surface area contributed by atoms with Gasteiger partial charge in [0.1, 0.15) is 18.1 Å². The molecule has 182 valence electrons. The highest BCUT2D eigenvalue weighted by Gasteiger charge is 2.14. The van der Waals surface area contributed by atoms with E-state index in [1.165, 1.54) is 30.5 Å². The van der Waals surface area contributed by atoms with Crippen LogP contribution in [0, 0.1) is 10.1 Å². The van der Waals surface area contributed by atoms with Crippen molar-refractivity contribution in [3.8, 4) is 17.0 Å². The van der Waals surface area contributed by atoms with E-state index < -0.39 is 10.8 Å². The summed E-state index contributed by atoms with van der Waals surface area (Å²) in [4.78, 5) is 22.8. The predicted molar refractivity (Wildman–Crippen MR) is 140 cm³/mol. The van der Waals surface area contributed by atoms with Crippen molar-refractivity contribution in [1.82, 2.24) is 15.6 Å². The summed E-state index contributed by atoms with van der Waals surface area (Å²) in [6.07, 6.45) is 1.40. The van der Waals surface area contributed by atoms with Gasteiger partial charge in [0.15, 0.2) is 0 Å². The lowest BCUT2D eigenvalue weighted by molar-refractivity contribution is -0.384. The lowest BCUT2D eigenvalue weighted by Crippen LogP contribution is -2.18. The number of nitro groups is 1. The minimum Gasteiger partial charge on any atom is -0.488 e. The molecule has 0 bridgehead atoms. The van der Waals surface area contributed by atoms with Crippen LogP contribution in [0.4, 0.5) is 5.69 Å². The normalized spacial score (nSPS) is 11.0. The number of H-pyrrole nitrogens is 1. The largest absolute Gasteiger partial charge is 0.488 e. The number of non-ortho nitro benzene ring substituents is 1. The van der Waals surface area contributed by atoms with Gasteiger partial charge in [-0.15, -0.1) is 0 Å². The van der Waals surface area contributed by atoms with Crippen molar-refractivity contribution in [2.24, 2.45) is 5.10 Å². The second-order valence-electron chi connectivity index (χ2n) is 8.14. The highest BCUT2D eigenvalue weighted by molar-refractivity contribution is 5.94. The number of benzene rings is 4. The van der Waals surface area contributed by atoms with Crippen LogP contribution in [0.25, 0.3) is 22.0 Å². The number of aromatic nitrogens is 2. The molecule has 4 aromatic carbocycles. The van der Waals surface area contributed by atoms with Gasteiger partial charge in [-0.3, -0.25) is 20.0 Å². The smallest absolute Gasteiger partial charge is 0.289 e. The van der Waals surface area contributed by atoms with Crippen molar-refractivity contribution >= 4 is 28.6 Å². The molecule has 0 saturated heterocycles. The van der Waals surface area contributed by atoms with Crippen LogP contribution in [0.5, 0.6) is 5.75 Å². The van der Waals surface area contributed by atoms with E-state index in [9.17, 15) is 14.9 Å². The van der Waals surface area contributed by atoms with Gasteiger partial charge < -0.3 is 4.74 Å². The number of fused-ring (bicyclic) bond motifs is 1. The van der Waals surface area contributed by atoms with Crippen LogP contribution < -0.4 is 10.2 Å². The Balaban J connectivity index is 1.27. The molecule has 2 N–H and O–H groups in total. The molecule has 0 atom stereocenters. The van der Waals surface area contributed by atoms with E-state index in [1.54, 1.807) is 6.07 Å². The number of nitro benzene ring substituents is 1. The number of para-hydroxylation sites is 1. The van der Waals surface area contributed by atoms with Crippen molar-refractivity contribution in [3.63, 3.8) is 0 Å². The molecule has 5 aromatic rings. The Morgan fingerprint density at radius 1 is 1.00 bits per heavy atom. The maximum atomic E-state index is 12.5. The minimum atomic E-state index is -0.481. The Bertz CT molecular complexity index is 1600. The van der Waals surface area contributed by atoms with Crippen LogP contribution >= 0.6 is 0 Å². The fourth-order valence-corrected chi connectivity index (χ4v) is 3.86. The summed E-state index contributed by atoms with van der Waals surface area (Å²) in [5.41, 5.74) is 5.60. The summed E-state index contributed by atoms with van der Waals surface area (Å²) in [5, 5.41) is 24.0. The molecule has 5 rings (SSSR count). The monoisotopic (exact) mass is 491 g/mol. The van der Waals surface area contributed by atoms with Crippen LogP contribution in [0.15, 0.2) is 102 Å². The van der Waals surface area contributed by atoms with E-state index in [0.29, 0.717) is 23.6 Å². The topological polar surface area (TPSA) is 123 Å². The van der Waals surface area contributed by atoms with E-state index in [4.69, 9.17) is 4.74 Å². The van der Waals surface area contributed by atoms with Gasteiger partial charge >= 0.3 is 0 Å². The number of hydrogen-bond acceptors (Lipinski definition) is 6. The van der Waals surface area contributed by atoms with Crippen LogP contribution in [-0.4, -0.2) is 27.2 Å². The van der Waals surface area contributed by atoms with Crippen LogP contribution in [0.2, 0.25) is 0 Å². The fourth-order valence-electron chi connectivity index (χ4n) is 3.86. The van der Waals surface area contributed by atoms with Crippen LogP contribution in [0.1, 0.15) is 21.6 Å². The Hall–Kier alpha value is -5.31. The zero-order valence-electron chi connectivity index (χ0n) is 19.5. The lowest BCUT2D eigenvalue weighted by atomic mass is 10.1. The molecule has 0 aliphatic carbocycles. The molecule has 9 heteroatoms. The molecule has 0 radical (unpaired) electrons. The highest BCUT2D eigenvalue weighted by Crippen LogP contribution is 2.30. The number of nitrogens with one attached hydrogen (secondary N) is 2. The molecule has 0 fully saturated rings. The third-order valence-corrected chi connectivity index (χ3v) is 5.73. The predicted octanol–water partition coefficient (Wildman–Crippen LogP) is 5.48. The molecule has 0 aliphatic rings. The first-order valence-corrected chi connectivity index (χ1v) is 11.4. The quantitative estimate of drug-likeness (QED) is 0.169. The Kier molecular flexibility index (Phi) is 6.67. The number of carbonyl (C=O) groups excluding carboxylic acids is 1. The second kappa shape index (κ2) is 10.5. The van der Waals surface area contributed by atoms with Crippen molar-refractivity contribution in [3.05, 3.63) is 124 Å². The minimum absolute atomic E-state index is 0.0208. The summed E-state index contributed by atoms with van der Waals surface area (Å²) >= 11 is 0. The van der Waals surface area contributed by atoms with E-state index in [-0.39, 0.29) is 11.4 Å². The molecule has 0 saturated carbocycles. The maximum absolute atomic E-state index is 12.5. The average Bonchev–Trinajstić information content (AvgIpc) is 3.43. The van der Waals surface area contributed by atoms with Crippen molar-refractivity contribution in [2.45, 2.75) is 6.61 Å². The highest BCUT2D eigenvalue weighted by atomic mass is 16.6. The van der Waals surface area contributed by atoms with Gasteiger partial charge in [0.05, 0.1) is 16.8 Å².